The maximum atomic E-state index is 5.98. The molecule has 4 atom stereocenters. The minimum atomic E-state index is 0.680. The van der Waals surface area contributed by atoms with Gasteiger partial charge in [-0.2, -0.15) is 0 Å². The van der Waals surface area contributed by atoms with Gasteiger partial charge in [-0.1, -0.05) is 49.8 Å². The lowest BCUT2D eigenvalue weighted by atomic mass is 9.55. The van der Waals surface area contributed by atoms with Crippen molar-refractivity contribution in [3.63, 3.8) is 0 Å². The van der Waals surface area contributed by atoms with Crippen LogP contribution in [-0.2, 0) is 11.3 Å². The van der Waals surface area contributed by atoms with Gasteiger partial charge in [-0.15, -0.1) is 0 Å². The summed E-state index contributed by atoms with van der Waals surface area (Å²) in [7, 11) is 1.69. The van der Waals surface area contributed by atoms with E-state index in [9.17, 15) is 0 Å². The monoisotopic (exact) mass is 284 g/mol. The molecule has 0 unspecified atom stereocenters. The molecule has 21 heavy (non-hydrogen) atoms. The largest absolute Gasteiger partial charge is 0.497 e. The van der Waals surface area contributed by atoms with Crippen molar-refractivity contribution in [2.45, 2.75) is 20.0 Å². The number of hydrogen-bond donors (Lipinski definition) is 0. The lowest BCUT2D eigenvalue weighted by molar-refractivity contribution is -0.0396. The summed E-state index contributed by atoms with van der Waals surface area (Å²) < 4.78 is 11.2. The molecule has 2 nitrogen and oxygen atoms in total. The quantitative estimate of drug-likeness (QED) is 0.778. The van der Waals surface area contributed by atoms with Crippen molar-refractivity contribution in [3.05, 3.63) is 54.1 Å². The van der Waals surface area contributed by atoms with Crippen molar-refractivity contribution in [2.24, 2.45) is 23.7 Å². The van der Waals surface area contributed by atoms with Gasteiger partial charge >= 0.3 is 0 Å². The smallest absolute Gasteiger partial charge is 0.118 e. The van der Waals surface area contributed by atoms with Gasteiger partial charge in [0, 0.05) is 0 Å². The van der Waals surface area contributed by atoms with Crippen molar-refractivity contribution in [2.75, 3.05) is 13.7 Å². The molecule has 0 aliphatic heterocycles. The SMILES string of the molecule is CC[C@@H]1[C@H]2C=CC=C[C@H]2[C@H]1COCc1ccc(OC)cc1. The molecule has 0 amide bonds. The molecule has 0 saturated heterocycles. The topological polar surface area (TPSA) is 18.5 Å². The third-order valence-electron chi connectivity index (χ3n) is 4.97. The van der Waals surface area contributed by atoms with Gasteiger partial charge in [-0.3, -0.25) is 0 Å². The number of methoxy groups -OCH3 is 1. The van der Waals surface area contributed by atoms with Crippen LogP contribution in [0.15, 0.2) is 48.6 Å². The van der Waals surface area contributed by atoms with Crippen molar-refractivity contribution in [1.29, 1.82) is 0 Å². The molecule has 0 spiro atoms. The minimum Gasteiger partial charge on any atom is -0.497 e. The van der Waals surface area contributed by atoms with Crippen molar-refractivity contribution >= 4 is 0 Å². The van der Waals surface area contributed by atoms with Gasteiger partial charge in [-0.05, 0) is 41.4 Å². The van der Waals surface area contributed by atoms with Gasteiger partial charge in [0.25, 0.3) is 0 Å². The highest BCUT2D eigenvalue weighted by Gasteiger charge is 2.46. The Morgan fingerprint density at radius 2 is 1.62 bits per heavy atom. The Balaban J connectivity index is 1.50. The summed E-state index contributed by atoms with van der Waals surface area (Å²) in [5.41, 5.74) is 1.21. The fourth-order valence-corrected chi connectivity index (χ4v) is 3.77. The second-order valence-electron chi connectivity index (χ2n) is 6.02. The third kappa shape index (κ3) is 2.91. The van der Waals surface area contributed by atoms with E-state index in [4.69, 9.17) is 9.47 Å². The summed E-state index contributed by atoms with van der Waals surface area (Å²) in [6, 6.07) is 8.12. The highest BCUT2D eigenvalue weighted by atomic mass is 16.5. The molecule has 0 bridgehead atoms. The number of benzene rings is 1. The predicted octanol–water partition coefficient (Wildman–Crippen LogP) is 4.23. The average Bonchev–Trinajstić information content (AvgIpc) is 2.53. The highest BCUT2D eigenvalue weighted by molar-refractivity contribution is 5.26. The molecular weight excluding hydrogens is 260 g/mol. The Morgan fingerprint density at radius 3 is 2.24 bits per heavy atom. The van der Waals surface area contributed by atoms with Gasteiger partial charge in [0.2, 0.25) is 0 Å². The fraction of sp³-hybridized carbons (Fsp3) is 0.474. The normalized spacial score (nSPS) is 29.8. The van der Waals surface area contributed by atoms with Gasteiger partial charge in [-0.25, -0.2) is 0 Å². The summed E-state index contributed by atoms with van der Waals surface area (Å²) in [6.45, 7) is 3.85. The van der Waals surface area contributed by atoms with E-state index >= 15 is 0 Å². The minimum absolute atomic E-state index is 0.680. The van der Waals surface area contributed by atoms with E-state index in [1.165, 1.54) is 12.0 Å². The van der Waals surface area contributed by atoms with Gasteiger partial charge in [0.1, 0.15) is 5.75 Å². The molecule has 1 aromatic rings. The van der Waals surface area contributed by atoms with Gasteiger partial charge in [0.15, 0.2) is 0 Å². The molecule has 0 radical (unpaired) electrons. The first kappa shape index (κ1) is 14.4. The number of fused-ring (bicyclic) bond motifs is 1. The van der Waals surface area contributed by atoms with Crippen LogP contribution in [0.3, 0.4) is 0 Å². The molecule has 2 aliphatic rings. The van der Waals surface area contributed by atoms with Crippen LogP contribution in [0.25, 0.3) is 0 Å². The molecule has 1 fully saturated rings. The molecule has 2 heteroatoms. The van der Waals surface area contributed by atoms with Crippen LogP contribution < -0.4 is 4.74 Å². The van der Waals surface area contributed by atoms with E-state index in [0.29, 0.717) is 18.4 Å². The number of rotatable bonds is 6. The molecule has 1 saturated carbocycles. The zero-order chi connectivity index (χ0) is 14.7. The molecule has 1 aromatic carbocycles. The summed E-state index contributed by atoms with van der Waals surface area (Å²) in [4.78, 5) is 0. The van der Waals surface area contributed by atoms with Crippen molar-refractivity contribution in [1.82, 2.24) is 0 Å². The Kier molecular flexibility index (Phi) is 4.45. The maximum absolute atomic E-state index is 5.98. The van der Waals surface area contributed by atoms with Crippen LogP contribution in [0.4, 0.5) is 0 Å². The fourth-order valence-electron chi connectivity index (χ4n) is 3.77. The Morgan fingerprint density at radius 1 is 0.952 bits per heavy atom. The van der Waals surface area contributed by atoms with Crippen molar-refractivity contribution < 1.29 is 9.47 Å². The standard InChI is InChI=1S/C19H24O2/c1-3-16-17-6-4-5-7-18(17)19(16)13-21-12-14-8-10-15(20-2)11-9-14/h4-11,16-19H,3,12-13H2,1-2H3/t16-,17-,18-,19+/m1/s1. The lowest BCUT2D eigenvalue weighted by Crippen LogP contribution is -2.47. The van der Waals surface area contributed by atoms with E-state index in [1.807, 2.05) is 12.1 Å². The average molecular weight is 284 g/mol. The van der Waals surface area contributed by atoms with E-state index in [0.717, 1.165) is 24.2 Å². The van der Waals surface area contributed by atoms with Crippen LogP contribution >= 0.6 is 0 Å². The van der Waals surface area contributed by atoms with E-state index in [2.05, 4.69) is 43.4 Å². The second kappa shape index (κ2) is 6.48. The van der Waals surface area contributed by atoms with Crippen LogP contribution in [0, 0.1) is 23.7 Å². The maximum Gasteiger partial charge on any atom is 0.118 e. The van der Waals surface area contributed by atoms with E-state index < -0.39 is 0 Å². The number of hydrogen-bond acceptors (Lipinski definition) is 2. The number of allylic oxidation sites excluding steroid dienone is 4. The molecule has 112 valence electrons. The zero-order valence-electron chi connectivity index (χ0n) is 12.9. The summed E-state index contributed by atoms with van der Waals surface area (Å²) >= 11 is 0. The Labute approximate surface area is 127 Å². The first-order chi connectivity index (χ1) is 10.3. The molecular formula is C19H24O2. The summed E-state index contributed by atoms with van der Waals surface area (Å²) in [6.07, 6.45) is 10.4. The van der Waals surface area contributed by atoms with Crippen LogP contribution in [0.1, 0.15) is 18.9 Å². The molecule has 0 aromatic heterocycles. The van der Waals surface area contributed by atoms with Crippen LogP contribution in [-0.4, -0.2) is 13.7 Å². The molecule has 0 N–H and O–H groups in total. The molecule has 0 heterocycles. The highest BCUT2D eigenvalue weighted by Crippen LogP contribution is 2.50. The first-order valence-corrected chi connectivity index (χ1v) is 7.89. The Hall–Kier alpha value is -1.54. The van der Waals surface area contributed by atoms with E-state index in [1.54, 1.807) is 7.11 Å². The number of ether oxygens (including phenoxy) is 2. The second-order valence-corrected chi connectivity index (χ2v) is 6.02. The molecule has 2 aliphatic carbocycles. The molecule has 3 rings (SSSR count). The van der Waals surface area contributed by atoms with Crippen LogP contribution in [0.2, 0.25) is 0 Å². The van der Waals surface area contributed by atoms with E-state index in [-0.39, 0.29) is 0 Å². The van der Waals surface area contributed by atoms with Crippen molar-refractivity contribution in [3.8, 4) is 5.75 Å². The third-order valence-corrected chi connectivity index (χ3v) is 4.97. The van der Waals surface area contributed by atoms with Crippen LogP contribution in [0.5, 0.6) is 5.75 Å². The summed E-state index contributed by atoms with van der Waals surface area (Å²) in [5, 5.41) is 0. The summed E-state index contributed by atoms with van der Waals surface area (Å²) in [5.74, 6) is 3.79. The zero-order valence-corrected chi connectivity index (χ0v) is 12.9. The van der Waals surface area contributed by atoms with Gasteiger partial charge < -0.3 is 9.47 Å². The predicted molar refractivity (Wildman–Crippen MR) is 85.2 cm³/mol. The Bertz CT molecular complexity index is 515. The van der Waals surface area contributed by atoms with Gasteiger partial charge in [0.05, 0.1) is 20.3 Å². The lowest BCUT2D eigenvalue weighted by Gasteiger charge is -2.51. The first-order valence-electron chi connectivity index (χ1n) is 7.89.